The van der Waals surface area contributed by atoms with Gasteiger partial charge in [0.05, 0.1) is 22.5 Å². The molecule has 1 atom stereocenters. The second kappa shape index (κ2) is 7.13. The van der Waals surface area contributed by atoms with Crippen molar-refractivity contribution in [3.05, 3.63) is 76.9 Å². The fourth-order valence-corrected chi connectivity index (χ4v) is 5.80. The summed E-state index contributed by atoms with van der Waals surface area (Å²) in [6.07, 6.45) is 2.27. The van der Waals surface area contributed by atoms with Crippen LogP contribution in [0.3, 0.4) is 0 Å². The molecule has 0 radical (unpaired) electrons. The molecule has 7 heteroatoms. The zero-order chi connectivity index (χ0) is 21.7. The summed E-state index contributed by atoms with van der Waals surface area (Å²) in [4.78, 5) is 0.219. The van der Waals surface area contributed by atoms with Crippen molar-refractivity contribution < 1.29 is 8.42 Å². The van der Waals surface area contributed by atoms with Crippen molar-refractivity contribution in [1.29, 1.82) is 0 Å². The Morgan fingerprint density at radius 3 is 2.37 bits per heavy atom. The molecule has 3 aromatic rings. The van der Waals surface area contributed by atoms with Crippen molar-refractivity contribution in [1.82, 2.24) is 9.78 Å². The molecule has 30 heavy (non-hydrogen) atoms. The number of sulfone groups is 1. The smallest absolute Gasteiger partial charge is 0.192 e. The first kappa shape index (κ1) is 20.9. The second-order valence-corrected chi connectivity index (χ2v) is 11.8. The van der Waals surface area contributed by atoms with E-state index in [1.165, 1.54) is 6.20 Å². The Labute approximate surface area is 183 Å². The molecule has 0 bridgehead atoms. The highest BCUT2D eigenvalue weighted by molar-refractivity contribution is 7.92. The van der Waals surface area contributed by atoms with Crippen molar-refractivity contribution >= 4 is 27.3 Å². The average molecular weight is 444 g/mol. The van der Waals surface area contributed by atoms with E-state index in [0.717, 1.165) is 12.0 Å². The van der Waals surface area contributed by atoms with Crippen molar-refractivity contribution in [2.75, 3.05) is 5.32 Å². The Balaban J connectivity index is 1.81. The standard InChI is InChI=1S/C23H26ClN3O2S/c1-22(2)14-19(16-8-6-5-7-9-16)26-21-20(15-25-27(21)22)30(28,29)23(3,4)17-10-12-18(24)13-11-17/h5-13,15,19,26H,14H2,1-4H3. The van der Waals surface area contributed by atoms with Gasteiger partial charge < -0.3 is 5.32 Å². The topological polar surface area (TPSA) is 64.0 Å². The van der Waals surface area contributed by atoms with Gasteiger partial charge in [0.2, 0.25) is 0 Å². The summed E-state index contributed by atoms with van der Waals surface area (Å²) >= 11 is 6.00. The monoisotopic (exact) mass is 443 g/mol. The van der Waals surface area contributed by atoms with Gasteiger partial charge in [-0.05, 0) is 57.4 Å². The molecule has 1 unspecified atom stereocenters. The van der Waals surface area contributed by atoms with E-state index in [1.807, 2.05) is 18.2 Å². The molecule has 1 N–H and O–H groups in total. The Bertz CT molecular complexity index is 1170. The van der Waals surface area contributed by atoms with Gasteiger partial charge >= 0.3 is 0 Å². The van der Waals surface area contributed by atoms with Crippen LogP contribution in [0.4, 0.5) is 5.82 Å². The van der Waals surface area contributed by atoms with E-state index in [2.05, 4.69) is 36.4 Å². The minimum atomic E-state index is -3.75. The lowest BCUT2D eigenvalue weighted by Crippen LogP contribution is -2.38. The number of nitrogens with one attached hydrogen (secondary N) is 1. The van der Waals surface area contributed by atoms with Crippen LogP contribution in [0, 0.1) is 0 Å². The highest BCUT2D eigenvalue weighted by atomic mass is 35.5. The molecule has 1 aliphatic rings. The van der Waals surface area contributed by atoms with Crippen LogP contribution in [0.1, 0.15) is 51.3 Å². The lowest BCUT2D eigenvalue weighted by Gasteiger charge is -2.38. The molecular weight excluding hydrogens is 418 g/mol. The average Bonchev–Trinajstić information content (AvgIpc) is 3.14. The molecule has 0 saturated carbocycles. The molecule has 1 aliphatic heterocycles. The van der Waals surface area contributed by atoms with Crippen LogP contribution in [0.25, 0.3) is 0 Å². The third-order valence-corrected chi connectivity index (χ3v) is 8.74. The highest BCUT2D eigenvalue weighted by Gasteiger charge is 2.44. The number of nitrogens with zero attached hydrogens (tertiary/aromatic N) is 2. The third kappa shape index (κ3) is 3.32. The summed E-state index contributed by atoms with van der Waals surface area (Å²) in [7, 11) is -3.75. The molecule has 2 aromatic carbocycles. The molecular formula is C23H26ClN3O2S. The predicted molar refractivity (Wildman–Crippen MR) is 121 cm³/mol. The molecule has 2 heterocycles. The van der Waals surface area contributed by atoms with Crippen molar-refractivity contribution in [3.8, 4) is 0 Å². The second-order valence-electron chi connectivity index (χ2n) is 8.91. The van der Waals surface area contributed by atoms with Gasteiger partial charge in [-0.15, -0.1) is 0 Å². The Hall–Kier alpha value is -2.31. The number of anilines is 1. The maximum Gasteiger partial charge on any atom is 0.192 e. The van der Waals surface area contributed by atoms with Gasteiger partial charge in [0.15, 0.2) is 9.84 Å². The fraction of sp³-hybridized carbons (Fsp3) is 0.348. The van der Waals surface area contributed by atoms with Crippen LogP contribution in [-0.4, -0.2) is 18.2 Å². The molecule has 158 valence electrons. The van der Waals surface area contributed by atoms with E-state index in [9.17, 15) is 8.42 Å². The minimum Gasteiger partial charge on any atom is -0.362 e. The zero-order valence-corrected chi connectivity index (χ0v) is 19.1. The van der Waals surface area contributed by atoms with Crippen LogP contribution >= 0.6 is 11.6 Å². The normalized spacial score (nSPS) is 18.5. The summed E-state index contributed by atoms with van der Waals surface area (Å²) in [5, 5.41) is 8.51. The van der Waals surface area contributed by atoms with Gasteiger partial charge in [-0.2, -0.15) is 5.10 Å². The summed E-state index contributed by atoms with van der Waals surface area (Å²) in [6.45, 7) is 7.61. The summed E-state index contributed by atoms with van der Waals surface area (Å²) in [5.74, 6) is 0.544. The van der Waals surface area contributed by atoms with Crippen LogP contribution in [0.2, 0.25) is 5.02 Å². The zero-order valence-electron chi connectivity index (χ0n) is 17.6. The number of hydrogen-bond donors (Lipinski definition) is 1. The van der Waals surface area contributed by atoms with Gasteiger partial charge in [-0.25, -0.2) is 13.1 Å². The first-order chi connectivity index (χ1) is 14.0. The Kier molecular flexibility index (Phi) is 4.98. The number of aromatic nitrogens is 2. The Morgan fingerprint density at radius 1 is 1.10 bits per heavy atom. The van der Waals surface area contributed by atoms with Gasteiger partial charge in [-0.1, -0.05) is 54.1 Å². The summed E-state index contributed by atoms with van der Waals surface area (Å²) in [5.41, 5.74) is 1.47. The molecule has 0 spiro atoms. The number of hydrogen-bond acceptors (Lipinski definition) is 4. The SMILES string of the molecule is CC1(C)CC(c2ccccc2)Nc2c(S(=O)(=O)C(C)(C)c3ccc(Cl)cc3)cnn21. The quantitative estimate of drug-likeness (QED) is 0.575. The first-order valence-electron chi connectivity index (χ1n) is 9.95. The predicted octanol–water partition coefficient (Wildman–Crippen LogP) is 5.54. The fourth-order valence-electron chi connectivity index (χ4n) is 4.09. The van der Waals surface area contributed by atoms with Crippen molar-refractivity contribution in [3.63, 3.8) is 0 Å². The number of halogens is 1. The number of benzene rings is 2. The Morgan fingerprint density at radius 2 is 1.73 bits per heavy atom. The first-order valence-corrected chi connectivity index (χ1v) is 11.8. The van der Waals surface area contributed by atoms with Crippen molar-refractivity contribution in [2.45, 2.75) is 55.3 Å². The van der Waals surface area contributed by atoms with Crippen molar-refractivity contribution in [2.24, 2.45) is 0 Å². The van der Waals surface area contributed by atoms with E-state index >= 15 is 0 Å². The lowest BCUT2D eigenvalue weighted by atomic mass is 9.89. The maximum absolute atomic E-state index is 13.8. The van der Waals surface area contributed by atoms with E-state index in [0.29, 0.717) is 16.4 Å². The molecule has 4 rings (SSSR count). The third-order valence-electron chi connectivity index (χ3n) is 6.03. The van der Waals surface area contributed by atoms with Gasteiger partial charge in [0.1, 0.15) is 10.7 Å². The summed E-state index contributed by atoms with van der Waals surface area (Å²) < 4.78 is 28.3. The van der Waals surface area contributed by atoms with Crippen LogP contribution < -0.4 is 5.32 Å². The number of fused-ring (bicyclic) bond motifs is 1. The van der Waals surface area contributed by atoms with E-state index in [1.54, 1.807) is 42.8 Å². The molecule has 0 saturated heterocycles. The van der Waals surface area contributed by atoms with Crippen LogP contribution in [0.15, 0.2) is 65.7 Å². The molecule has 1 aromatic heterocycles. The van der Waals surface area contributed by atoms with E-state index in [4.69, 9.17) is 11.6 Å². The molecule has 5 nitrogen and oxygen atoms in total. The molecule has 0 amide bonds. The van der Waals surface area contributed by atoms with Gasteiger partial charge in [0.25, 0.3) is 0 Å². The largest absolute Gasteiger partial charge is 0.362 e. The van der Waals surface area contributed by atoms with E-state index in [-0.39, 0.29) is 16.5 Å². The number of rotatable bonds is 4. The maximum atomic E-state index is 13.8. The van der Waals surface area contributed by atoms with Crippen LogP contribution in [0.5, 0.6) is 0 Å². The lowest BCUT2D eigenvalue weighted by molar-refractivity contribution is 0.263. The highest BCUT2D eigenvalue weighted by Crippen LogP contribution is 2.44. The minimum absolute atomic E-state index is 0.00186. The van der Waals surface area contributed by atoms with Gasteiger partial charge in [-0.3, -0.25) is 0 Å². The van der Waals surface area contributed by atoms with Gasteiger partial charge in [0, 0.05) is 5.02 Å². The molecule has 0 fully saturated rings. The summed E-state index contributed by atoms with van der Waals surface area (Å²) in [6, 6.07) is 17.1. The molecule has 0 aliphatic carbocycles. The van der Waals surface area contributed by atoms with Crippen LogP contribution in [-0.2, 0) is 20.1 Å². The van der Waals surface area contributed by atoms with E-state index < -0.39 is 14.6 Å².